The van der Waals surface area contributed by atoms with Gasteiger partial charge in [-0.1, -0.05) is 67.6 Å². The van der Waals surface area contributed by atoms with E-state index < -0.39 is 6.04 Å². The minimum absolute atomic E-state index is 0.207. The van der Waals surface area contributed by atoms with Crippen LogP contribution in [0.3, 0.4) is 0 Å². The Labute approximate surface area is 257 Å². The van der Waals surface area contributed by atoms with E-state index in [1.807, 2.05) is 55.5 Å². The van der Waals surface area contributed by atoms with Gasteiger partial charge in [0.05, 0.1) is 26.3 Å². The van der Waals surface area contributed by atoms with Gasteiger partial charge in [-0.2, -0.15) is 0 Å². The number of hydrogen-bond acceptors (Lipinski definition) is 6. The number of fused-ring (bicyclic) bond motifs is 1. The van der Waals surface area contributed by atoms with E-state index in [1.54, 1.807) is 10.6 Å². The molecular formula is C33H33BrN4O3S. The number of halogens is 1. The molecule has 2 aromatic carbocycles. The first-order valence-corrected chi connectivity index (χ1v) is 15.9. The molecule has 0 unspecified atom stereocenters. The third-order valence-electron chi connectivity index (χ3n) is 7.82. The van der Waals surface area contributed by atoms with Crippen molar-refractivity contribution in [2.75, 3.05) is 23.3 Å². The molecule has 6 rings (SSSR count). The van der Waals surface area contributed by atoms with E-state index in [4.69, 9.17) is 9.41 Å². The number of benzene rings is 2. The Bertz CT molecular complexity index is 1830. The van der Waals surface area contributed by atoms with E-state index in [0.717, 1.165) is 41.9 Å². The molecule has 1 atom stereocenters. The number of anilines is 2. The van der Waals surface area contributed by atoms with Gasteiger partial charge in [0.1, 0.15) is 5.76 Å². The zero-order valence-corrected chi connectivity index (χ0v) is 26.3. The number of furan rings is 1. The summed E-state index contributed by atoms with van der Waals surface area (Å²) in [6.45, 7) is 8.03. The number of hydrogen-bond donors (Lipinski definition) is 1. The van der Waals surface area contributed by atoms with E-state index in [9.17, 15) is 9.59 Å². The molecule has 7 nitrogen and oxygen atoms in total. The lowest BCUT2D eigenvalue weighted by atomic mass is 9.93. The predicted molar refractivity (Wildman–Crippen MR) is 172 cm³/mol. The molecule has 0 aliphatic carbocycles. The summed E-state index contributed by atoms with van der Waals surface area (Å²) < 4.78 is 9.24. The van der Waals surface area contributed by atoms with Crippen LogP contribution < -0.4 is 25.1 Å². The predicted octanol–water partition coefficient (Wildman–Crippen LogP) is 6.34. The molecule has 42 heavy (non-hydrogen) atoms. The number of aromatic nitrogens is 1. The summed E-state index contributed by atoms with van der Waals surface area (Å²) in [6, 6.07) is 18.8. The molecule has 1 saturated heterocycles. The molecule has 1 amide bonds. The molecule has 2 aromatic heterocycles. The third-order valence-corrected chi connectivity index (χ3v) is 9.37. The maximum Gasteiger partial charge on any atom is 0.271 e. The van der Waals surface area contributed by atoms with Gasteiger partial charge in [-0.15, -0.1) is 0 Å². The van der Waals surface area contributed by atoms with Crippen LogP contribution in [0.5, 0.6) is 0 Å². The molecule has 1 N–H and O–H groups in total. The summed E-state index contributed by atoms with van der Waals surface area (Å²) in [7, 11) is 0. The van der Waals surface area contributed by atoms with Gasteiger partial charge in [0.2, 0.25) is 5.88 Å². The summed E-state index contributed by atoms with van der Waals surface area (Å²) >= 11 is 4.96. The molecule has 4 aromatic rings. The first-order valence-electron chi connectivity index (χ1n) is 14.3. The molecule has 2 aliphatic rings. The minimum atomic E-state index is -0.624. The monoisotopic (exact) mass is 644 g/mol. The van der Waals surface area contributed by atoms with Crippen molar-refractivity contribution in [2.24, 2.45) is 4.99 Å². The second kappa shape index (κ2) is 11.9. The second-order valence-electron chi connectivity index (χ2n) is 11.1. The number of allylic oxidation sites excluding steroid dienone is 1. The first-order chi connectivity index (χ1) is 20.3. The molecule has 0 radical (unpaired) electrons. The van der Waals surface area contributed by atoms with Crippen molar-refractivity contribution in [3.63, 3.8) is 0 Å². The number of amides is 1. The number of thiazole rings is 1. The van der Waals surface area contributed by atoms with Crippen LogP contribution in [0.15, 0.2) is 90.6 Å². The molecule has 1 fully saturated rings. The molecule has 2 aliphatic heterocycles. The van der Waals surface area contributed by atoms with Gasteiger partial charge < -0.3 is 14.6 Å². The lowest BCUT2D eigenvalue weighted by Crippen LogP contribution is -2.40. The van der Waals surface area contributed by atoms with Gasteiger partial charge in [0.15, 0.2) is 4.80 Å². The zero-order chi connectivity index (χ0) is 29.4. The quantitative estimate of drug-likeness (QED) is 0.266. The highest BCUT2D eigenvalue weighted by Crippen LogP contribution is 2.33. The van der Waals surface area contributed by atoms with Gasteiger partial charge in [-0.25, -0.2) is 4.99 Å². The Hall–Kier alpha value is -3.69. The maximum atomic E-state index is 14.1. The van der Waals surface area contributed by atoms with Crippen LogP contribution in [0.1, 0.15) is 68.9 Å². The molecule has 0 bridgehead atoms. The highest BCUT2D eigenvalue weighted by atomic mass is 79.9. The number of para-hydroxylation sites is 1. The molecule has 4 heterocycles. The molecule has 9 heteroatoms. The molecule has 216 valence electrons. The third kappa shape index (κ3) is 5.55. The van der Waals surface area contributed by atoms with E-state index in [-0.39, 0.29) is 11.5 Å². The SMILES string of the molecule is CC1=C(C(=O)Nc2ccccc2)[C@@H](c2ccc(C(C)C)cc2)n2c(s/c(=C/c3cc(Br)c(N4CCCCC4)o3)c2=O)=N1. The van der Waals surface area contributed by atoms with Gasteiger partial charge in [0.25, 0.3) is 11.5 Å². The summed E-state index contributed by atoms with van der Waals surface area (Å²) in [5.41, 5.74) is 3.55. The Morgan fingerprint density at radius 2 is 1.81 bits per heavy atom. The fourth-order valence-electron chi connectivity index (χ4n) is 5.60. The van der Waals surface area contributed by atoms with Crippen molar-refractivity contribution in [3.05, 3.63) is 113 Å². The van der Waals surface area contributed by atoms with Crippen LogP contribution in [-0.2, 0) is 4.79 Å². The first kappa shape index (κ1) is 28.4. The van der Waals surface area contributed by atoms with Crippen LogP contribution in [-0.4, -0.2) is 23.6 Å². The average Bonchev–Trinajstić information content (AvgIpc) is 3.51. The van der Waals surface area contributed by atoms with Crippen LogP contribution >= 0.6 is 27.3 Å². The second-order valence-corrected chi connectivity index (χ2v) is 12.9. The average molecular weight is 646 g/mol. The zero-order valence-electron chi connectivity index (χ0n) is 23.9. The van der Waals surface area contributed by atoms with Gasteiger partial charge in [-0.05, 0) is 71.3 Å². The van der Waals surface area contributed by atoms with Crippen molar-refractivity contribution in [2.45, 2.75) is 52.0 Å². The standard InChI is InChI=1S/C33H33BrN4O3S/c1-20(2)22-12-14-23(15-13-22)29-28(30(39)36-24-10-6-4-7-11-24)21(3)35-33-38(29)31(40)27(42-33)19-25-18-26(34)32(41-25)37-16-8-5-9-17-37/h4,6-7,10-15,18-20,29H,5,8-9,16-17H2,1-3H3,(H,36,39)/b27-19+/t29-/m1/s1. The number of rotatable bonds is 6. The number of carbonyl (C=O) groups is 1. The largest absolute Gasteiger partial charge is 0.440 e. The van der Waals surface area contributed by atoms with Crippen LogP contribution in [0.25, 0.3) is 6.08 Å². The van der Waals surface area contributed by atoms with Crippen LogP contribution in [0.2, 0.25) is 0 Å². The van der Waals surface area contributed by atoms with Crippen molar-refractivity contribution in [3.8, 4) is 0 Å². The van der Waals surface area contributed by atoms with Crippen molar-refractivity contribution < 1.29 is 9.21 Å². The molecule has 0 spiro atoms. The van der Waals surface area contributed by atoms with Crippen LogP contribution in [0.4, 0.5) is 11.6 Å². The van der Waals surface area contributed by atoms with E-state index in [2.05, 4.69) is 52.1 Å². The highest BCUT2D eigenvalue weighted by Gasteiger charge is 2.32. The van der Waals surface area contributed by atoms with Crippen LogP contribution in [0, 0.1) is 0 Å². The van der Waals surface area contributed by atoms with Gasteiger partial charge in [-0.3, -0.25) is 14.2 Å². The molecule has 0 saturated carbocycles. The summed E-state index contributed by atoms with van der Waals surface area (Å²) in [5, 5.41) is 3.01. The van der Waals surface area contributed by atoms with Gasteiger partial charge >= 0.3 is 0 Å². The fourth-order valence-corrected chi connectivity index (χ4v) is 7.18. The normalized spacial score (nSPS) is 17.4. The molecular weight excluding hydrogens is 612 g/mol. The van der Waals surface area contributed by atoms with E-state index in [0.29, 0.717) is 38.0 Å². The Kier molecular flexibility index (Phi) is 8.05. The summed E-state index contributed by atoms with van der Waals surface area (Å²) in [4.78, 5) is 35.4. The Morgan fingerprint density at radius 1 is 1.10 bits per heavy atom. The Morgan fingerprint density at radius 3 is 2.50 bits per heavy atom. The Balaban J connectivity index is 1.45. The van der Waals surface area contributed by atoms with E-state index >= 15 is 0 Å². The van der Waals surface area contributed by atoms with Gasteiger partial charge in [0, 0.05) is 30.9 Å². The van der Waals surface area contributed by atoms with E-state index in [1.165, 1.54) is 23.3 Å². The summed E-state index contributed by atoms with van der Waals surface area (Å²) in [5.74, 6) is 1.48. The van der Waals surface area contributed by atoms with Crippen molar-refractivity contribution in [1.82, 2.24) is 4.57 Å². The number of nitrogens with one attached hydrogen (secondary N) is 1. The lowest BCUT2D eigenvalue weighted by Gasteiger charge is -2.26. The fraction of sp³-hybridized carbons (Fsp3) is 0.303. The highest BCUT2D eigenvalue weighted by molar-refractivity contribution is 9.10. The number of carbonyl (C=O) groups excluding carboxylic acids is 1. The lowest BCUT2D eigenvalue weighted by molar-refractivity contribution is -0.113. The minimum Gasteiger partial charge on any atom is -0.440 e. The van der Waals surface area contributed by atoms with Crippen molar-refractivity contribution >= 4 is 50.8 Å². The summed E-state index contributed by atoms with van der Waals surface area (Å²) in [6.07, 6.45) is 5.29. The smallest absolute Gasteiger partial charge is 0.271 e. The number of piperidine rings is 1. The van der Waals surface area contributed by atoms with Crippen molar-refractivity contribution in [1.29, 1.82) is 0 Å². The maximum absolute atomic E-state index is 14.1. The number of nitrogens with zero attached hydrogens (tertiary/aromatic N) is 3. The topological polar surface area (TPSA) is 79.8 Å².